The number of nitrogens with one attached hydrogen (secondary N) is 1. The number of benzene rings is 2. The summed E-state index contributed by atoms with van der Waals surface area (Å²) in [5.74, 6) is 1.45. The number of hydrogen-bond acceptors (Lipinski definition) is 6. The van der Waals surface area contributed by atoms with Crippen LogP contribution in [-0.4, -0.2) is 27.2 Å². The molecule has 136 valence electrons. The molecule has 27 heavy (non-hydrogen) atoms. The minimum atomic E-state index is -0.353. The number of hydrogen-bond donors (Lipinski definition) is 1. The van der Waals surface area contributed by atoms with E-state index in [1.54, 1.807) is 11.8 Å². The van der Waals surface area contributed by atoms with Gasteiger partial charge in [-0.3, -0.25) is 0 Å². The van der Waals surface area contributed by atoms with Crippen LogP contribution in [0.2, 0.25) is 0 Å². The summed E-state index contributed by atoms with van der Waals surface area (Å²) in [4.78, 5) is 4.61. The standard InChI is InChI=1S/C21H20N4OS/c1-2-14-27-21-23-20-19(24-25-21)16-10-6-7-11-17(16)22-18(26-20)13-12-15-8-4-3-5-9-15/h3-13,18,22H,2,14H2,1H3/t18-/m1/s1. The first-order valence-corrected chi connectivity index (χ1v) is 9.95. The maximum absolute atomic E-state index is 6.16. The van der Waals surface area contributed by atoms with Crippen molar-refractivity contribution < 1.29 is 4.74 Å². The molecule has 5 nitrogen and oxygen atoms in total. The summed E-state index contributed by atoms with van der Waals surface area (Å²) in [7, 11) is 0. The quantitative estimate of drug-likeness (QED) is 0.640. The second-order valence-corrected chi connectivity index (χ2v) is 7.16. The molecule has 0 radical (unpaired) electrons. The third kappa shape index (κ3) is 4.11. The second-order valence-electron chi connectivity index (χ2n) is 6.09. The number of para-hydroxylation sites is 1. The SMILES string of the molecule is CCCSc1nnc2c(n1)O[C@H](C=Cc1ccccc1)Nc1ccccc1-2. The van der Waals surface area contributed by atoms with Crippen LogP contribution in [0.3, 0.4) is 0 Å². The van der Waals surface area contributed by atoms with E-state index in [2.05, 4.69) is 39.6 Å². The summed E-state index contributed by atoms with van der Waals surface area (Å²) < 4.78 is 6.16. The molecule has 1 aliphatic heterocycles. The Hall–Kier alpha value is -2.86. The largest absolute Gasteiger partial charge is 0.448 e. The van der Waals surface area contributed by atoms with Crippen molar-refractivity contribution in [2.45, 2.75) is 24.7 Å². The lowest BCUT2D eigenvalue weighted by Gasteiger charge is -2.15. The summed E-state index contributed by atoms with van der Waals surface area (Å²) in [5, 5.41) is 12.7. The molecule has 0 saturated heterocycles. The van der Waals surface area contributed by atoms with E-state index in [0.29, 0.717) is 16.7 Å². The fourth-order valence-corrected chi connectivity index (χ4v) is 3.40. The molecule has 0 fully saturated rings. The number of thioether (sulfide) groups is 1. The van der Waals surface area contributed by atoms with Gasteiger partial charge in [-0.15, -0.1) is 10.2 Å². The Bertz CT molecular complexity index is 946. The van der Waals surface area contributed by atoms with Gasteiger partial charge in [-0.1, -0.05) is 73.3 Å². The molecule has 2 heterocycles. The van der Waals surface area contributed by atoms with E-state index in [1.165, 1.54) is 0 Å². The van der Waals surface area contributed by atoms with Crippen LogP contribution >= 0.6 is 11.8 Å². The topological polar surface area (TPSA) is 59.9 Å². The number of rotatable bonds is 5. The van der Waals surface area contributed by atoms with Gasteiger partial charge >= 0.3 is 0 Å². The molecule has 1 aromatic heterocycles. The highest BCUT2D eigenvalue weighted by atomic mass is 32.2. The van der Waals surface area contributed by atoms with Gasteiger partial charge in [0.1, 0.15) is 0 Å². The van der Waals surface area contributed by atoms with Gasteiger partial charge in [0.2, 0.25) is 11.0 Å². The van der Waals surface area contributed by atoms with Crippen LogP contribution in [0.25, 0.3) is 17.3 Å². The van der Waals surface area contributed by atoms with E-state index >= 15 is 0 Å². The molecule has 3 aromatic rings. The van der Waals surface area contributed by atoms with Gasteiger partial charge in [0, 0.05) is 17.0 Å². The van der Waals surface area contributed by atoms with Crippen LogP contribution in [0.1, 0.15) is 18.9 Å². The van der Waals surface area contributed by atoms with Gasteiger partial charge in [0.25, 0.3) is 0 Å². The molecular weight excluding hydrogens is 356 g/mol. The molecule has 6 heteroatoms. The smallest absolute Gasteiger partial charge is 0.247 e. The maximum atomic E-state index is 6.16. The van der Waals surface area contributed by atoms with Crippen LogP contribution in [0.5, 0.6) is 5.88 Å². The molecule has 0 amide bonds. The lowest BCUT2D eigenvalue weighted by Crippen LogP contribution is -2.23. The molecule has 0 spiro atoms. The highest BCUT2D eigenvalue weighted by molar-refractivity contribution is 7.99. The van der Waals surface area contributed by atoms with Crippen molar-refractivity contribution in [3.8, 4) is 17.1 Å². The normalized spacial score (nSPS) is 15.4. The Kier molecular flexibility index (Phi) is 5.34. The van der Waals surface area contributed by atoms with E-state index < -0.39 is 0 Å². The Morgan fingerprint density at radius 3 is 2.74 bits per heavy atom. The van der Waals surface area contributed by atoms with Crippen molar-refractivity contribution in [2.24, 2.45) is 0 Å². The molecule has 1 N–H and O–H groups in total. The number of ether oxygens (including phenoxy) is 1. The molecule has 0 bridgehead atoms. The minimum absolute atomic E-state index is 0.353. The summed E-state index contributed by atoms with van der Waals surface area (Å²) in [6.07, 6.45) is 4.72. The van der Waals surface area contributed by atoms with Gasteiger partial charge < -0.3 is 10.1 Å². The van der Waals surface area contributed by atoms with Crippen LogP contribution in [0.15, 0.2) is 65.8 Å². The monoisotopic (exact) mass is 376 g/mol. The Labute approximate surface area is 162 Å². The number of nitrogens with zero attached hydrogens (tertiary/aromatic N) is 3. The first kappa shape index (κ1) is 17.5. The molecule has 0 saturated carbocycles. The predicted molar refractivity (Wildman–Crippen MR) is 110 cm³/mol. The van der Waals surface area contributed by atoms with Crippen LogP contribution in [0.4, 0.5) is 5.69 Å². The van der Waals surface area contributed by atoms with Crippen molar-refractivity contribution in [3.05, 3.63) is 66.2 Å². The lowest BCUT2D eigenvalue weighted by molar-refractivity contribution is 0.266. The van der Waals surface area contributed by atoms with Crippen LogP contribution in [-0.2, 0) is 0 Å². The van der Waals surface area contributed by atoms with Crippen LogP contribution in [0, 0.1) is 0 Å². The van der Waals surface area contributed by atoms with Crippen molar-refractivity contribution in [2.75, 3.05) is 11.1 Å². The number of anilines is 1. The summed E-state index contributed by atoms with van der Waals surface area (Å²) in [6, 6.07) is 18.1. The zero-order valence-corrected chi connectivity index (χ0v) is 15.8. The highest BCUT2D eigenvalue weighted by Gasteiger charge is 2.23. The fourth-order valence-electron chi connectivity index (χ4n) is 2.77. The third-order valence-corrected chi connectivity index (χ3v) is 5.10. The van der Waals surface area contributed by atoms with Gasteiger partial charge in [0.05, 0.1) is 0 Å². The third-order valence-electron chi connectivity index (χ3n) is 4.05. The maximum Gasteiger partial charge on any atom is 0.247 e. The molecule has 0 aliphatic carbocycles. The highest BCUT2D eigenvalue weighted by Crippen LogP contribution is 2.36. The molecule has 0 unspecified atom stereocenters. The molecular formula is C21H20N4OS. The molecule has 1 aliphatic rings. The van der Waals surface area contributed by atoms with E-state index in [4.69, 9.17) is 4.74 Å². The minimum Gasteiger partial charge on any atom is -0.448 e. The average molecular weight is 376 g/mol. The number of aromatic nitrogens is 3. The summed E-state index contributed by atoms with van der Waals surface area (Å²) in [5.41, 5.74) is 3.66. The van der Waals surface area contributed by atoms with Crippen molar-refractivity contribution in [1.82, 2.24) is 15.2 Å². The van der Waals surface area contributed by atoms with Crippen molar-refractivity contribution >= 4 is 23.5 Å². The molecule has 1 atom stereocenters. The van der Waals surface area contributed by atoms with E-state index in [0.717, 1.165) is 29.0 Å². The average Bonchev–Trinajstić information content (AvgIpc) is 2.87. The van der Waals surface area contributed by atoms with Gasteiger partial charge in [-0.2, -0.15) is 4.98 Å². The zero-order valence-electron chi connectivity index (χ0n) is 15.0. The van der Waals surface area contributed by atoms with E-state index in [1.807, 2.05) is 54.6 Å². The Morgan fingerprint density at radius 2 is 1.89 bits per heavy atom. The van der Waals surface area contributed by atoms with Crippen molar-refractivity contribution in [1.29, 1.82) is 0 Å². The van der Waals surface area contributed by atoms with E-state index in [-0.39, 0.29) is 6.23 Å². The van der Waals surface area contributed by atoms with Gasteiger partial charge in [-0.05, 0) is 24.1 Å². The summed E-state index contributed by atoms with van der Waals surface area (Å²) >= 11 is 1.59. The van der Waals surface area contributed by atoms with Crippen LogP contribution < -0.4 is 10.1 Å². The molecule has 4 rings (SSSR count). The van der Waals surface area contributed by atoms with Gasteiger partial charge in [0.15, 0.2) is 11.9 Å². The fraction of sp³-hybridized carbons (Fsp3) is 0.190. The number of fused-ring (bicyclic) bond motifs is 3. The zero-order chi connectivity index (χ0) is 18.5. The first-order chi connectivity index (χ1) is 13.3. The van der Waals surface area contributed by atoms with Crippen molar-refractivity contribution in [3.63, 3.8) is 0 Å². The predicted octanol–water partition coefficient (Wildman–Crippen LogP) is 4.88. The second kappa shape index (κ2) is 8.22. The van der Waals surface area contributed by atoms with E-state index in [9.17, 15) is 0 Å². The lowest BCUT2D eigenvalue weighted by atomic mass is 10.1. The molecule has 2 aromatic carbocycles. The first-order valence-electron chi connectivity index (χ1n) is 8.97. The Balaban J connectivity index is 1.69. The van der Waals surface area contributed by atoms with Gasteiger partial charge in [-0.25, -0.2) is 0 Å². The Morgan fingerprint density at radius 1 is 1.07 bits per heavy atom. The summed E-state index contributed by atoms with van der Waals surface area (Å²) in [6.45, 7) is 2.13.